The molecule has 1 aliphatic heterocycles. The lowest BCUT2D eigenvalue weighted by atomic mass is 10.2. The van der Waals surface area contributed by atoms with E-state index in [9.17, 15) is 0 Å². The number of nitrogens with zero attached hydrogens (tertiary/aromatic N) is 3. The van der Waals surface area contributed by atoms with Crippen molar-refractivity contribution >= 4 is 17.5 Å². The topological polar surface area (TPSA) is 41.1 Å². The zero-order chi connectivity index (χ0) is 13.9. The summed E-state index contributed by atoms with van der Waals surface area (Å²) in [7, 11) is 0. The summed E-state index contributed by atoms with van der Waals surface area (Å²) in [4.78, 5) is 11.5. The van der Waals surface area contributed by atoms with E-state index in [1.165, 1.54) is 18.4 Å². The molecular weight excluding hydrogens is 248 g/mol. The van der Waals surface area contributed by atoms with Gasteiger partial charge in [0.05, 0.1) is 0 Å². The molecule has 20 heavy (non-hydrogen) atoms. The molecule has 0 spiro atoms. The summed E-state index contributed by atoms with van der Waals surface area (Å²) < 4.78 is 0. The summed E-state index contributed by atoms with van der Waals surface area (Å²) in [5, 5.41) is 3.33. The average Bonchev–Trinajstić information content (AvgIpc) is 2.95. The molecule has 0 amide bonds. The van der Waals surface area contributed by atoms with E-state index in [0.717, 1.165) is 30.3 Å². The number of aryl methyl sites for hydroxylation is 2. The van der Waals surface area contributed by atoms with Gasteiger partial charge in [0, 0.05) is 30.5 Å². The average molecular weight is 268 g/mol. The van der Waals surface area contributed by atoms with Gasteiger partial charge < -0.3 is 10.2 Å². The van der Waals surface area contributed by atoms with Crippen LogP contribution in [0.15, 0.2) is 30.3 Å². The van der Waals surface area contributed by atoms with Crippen LogP contribution in [-0.4, -0.2) is 23.1 Å². The van der Waals surface area contributed by atoms with Crippen molar-refractivity contribution in [2.75, 3.05) is 23.3 Å². The standard InChI is InChI=1S/C16H20N4/c1-12-7-3-4-8-14(12)18-16-17-13(2)11-15(19-16)20-9-5-6-10-20/h3-4,7-8,11H,5-6,9-10H2,1-2H3,(H,17,18,19). The molecule has 4 heteroatoms. The molecule has 0 atom stereocenters. The van der Waals surface area contributed by atoms with Crippen molar-refractivity contribution < 1.29 is 0 Å². The van der Waals surface area contributed by atoms with Crippen LogP contribution in [0.3, 0.4) is 0 Å². The van der Waals surface area contributed by atoms with Crippen LogP contribution in [0.2, 0.25) is 0 Å². The van der Waals surface area contributed by atoms with Crippen molar-refractivity contribution in [3.8, 4) is 0 Å². The van der Waals surface area contributed by atoms with Crippen LogP contribution in [-0.2, 0) is 0 Å². The lowest BCUT2D eigenvalue weighted by Crippen LogP contribution is -2.19. The molecule has 1 saturated heterocycles. The highest BCUT2D eigenvalue weighted by Gasteiger charge is 2.15. The molecule has 104 valence electrons. The van der Waals surface area contributed by atoms with E-state index in [1.54, 1.807) is 0 Å². The van der Waals surface area contributed by atoms with Gasteiger partial charge in [0.1, 0.15) is 5.82 Å². The Bertz CT molecular complexity index is 603. The molecule has 1 N–H and O–H groups in total. The highest BCUT2D eigenvalue weighted by molar-refractivity contribution is 5.59. The molecule has 0 bridgehead atoms. The van der Waals surface area contributed by atoms with E-state index in [4.69, 9.17) is 0 Å². The molecule has 0 radical (unpaired) electrons. The molecule has 1 fully saturated rings. The fourth-order valence-corrected chi connectivity index (χ4v) is 2.55. The van der Waals surface area contributed by atoms with E-state index in [2.05, 4.69) is 45.3 Å². The Morgan fingerprint density at radius 1 is 1.05 bits per heavy atom. The number of aromatic nitrogens is 2. The van der Waals surface area contributed by atoms with Gasteiger partial charge in [-0.25, -0.2) is 4.98 Å². The van der Waals surface area contributed by atoms with Crippen molar-refractivity contribution in [2.45, 2.75) is 26.7 Å². The lowest BCUT2D eigenvalue weighted by Gasteiger charge is -2.18. The van der Waals surface area contributed by atoms with Gasteiger partial charge in [-0.05, 0) is 38.3 Å². The Kier molecular flexibility index (Phi) is 3.54. The number of rotatable bonds is 3. The van der Waals surface area contributed by atoms with Crippen molar-refractivity contribution in [3.63, 3.8) is 0 Å². The summed E-state index contributed by atoms with van der Waals surface area (Å²) in [6.07, 6.45) is 2.51. The maximum absolute atomic E-state index is 4.66. The van der Waals surface area contributed by atoms with E-state index >= 15 is 0 Å². The van der Waals surface area contributed by atoms with Gasteiger partial charge >= 0.3 is 0 Å². The number of hydrogen-bond donors (Lipinski definition) is 1. The van der Waals surface area contributed by atoms with Crippen LogP contribution in [0.25, 0.3) is 0 Å². The molecule has 0 saturated carbocycles. The van der Waals surface area contributed by atoms with Crippen LogP contribution in [0.1, 0.15) is 24.1 Å². The third-order valence-corrected chi connectivity index (χ3v) is 3.66. The SMILES string of the molecule is Cc1cc(N2CCCC2)nc(Nc2ccccc2C)n1. The first-order valence-electron chi connectivity index (χ1n) is 7.16. The van der Waals surface area contributed by atoms with Gasteiger partial charge in [0.25, 0.3) is 0 Å². The number of nitrogens with one attached hydrogen (secondary N) is 1. The Hall–Kier alpha value is -2.10. The molecule has 1 aliphatic rings. The predicted octanol–water partition coefficient (Wildman–Crippen LogP) is 3.44. The second-order valence-corrected chi connectivity index (χ2v) is 5.33. The minimum Gasteiger partial charge on any atom is -0.356 e. The van der Waals surface area contributed by atoms with Crippen LogP contribution < -0.4 is 10.2 Å². The van der Waals surface area contributed by atoms with Crippen molar-refractivity contribution in [2.24, 2.45) is 0 Å². The first-order valence-corrected chi connectivity index (χ1v) is 7.16. The zero-order valence-electron chi connectivity index (χ0n) is 12.1. The normalized spacial score (nSPS) is 14.6. The Morgan fingerprint density at radius 3 is 2.55 bits per heavy atom. The summed E-state index contributed by atoms with van der Waals surface area (Å²) in [5.74, 6) is 1.72. The van der Waals surface area contributed by atoms with Crippen molar-refractivity contribution in [1.29, 1.82) is 0 Å². The molecule has 1 aromatic carbocycles. The minimum absolute atomic E-state index is 0.682. The summed E-state index contributed by atoms with van der Waals surface area (Å²) in [5.41, 5.74) is 3.25. The third-order valence-electron chi connectivity index (χ3n) is 3.66. The monoisotopic (exact) mass is 268 g/mol. The van der Waals surface area contributed by atoms with E-state index in [1.807, 2.05) is 19.1 Å². The van der Waals surface area contributed by atoms with Crippen molar-refractivity contribution in [1.82, 2.24) is 9.97 Å². The molecule has 0 unspecified atom stereocenters. The molecule has 1 aromatic heterocycles. The number of benzene rings is 1. The molecule has 2 heterocycles. The molecular formula is C16H20N4. The smallest absolute Gasteiger partial charge is 0.229 e. The second kappa shape index (κ2) is 5.49. The Balaban J connectivity index is 1.88. The largest absolute Gasteiger partial charge is 0.356 e. The fraction of sp³-hybridized carbons (Fsp3) is 0.375. The van der Waals surface area contributed by atoms with E-state index in [-0.39, 0.29) is 0 Å². The minimum atomic E-state index is 0.682. The van der Waals surface area contributed by atoms with E-state index < -0.39 is 0 Å². The van der Waals surface area contributed by atoms with Crippen LogP contribution in [0.4, 0.5) is 17.5 Å². The first kappa shape index (κ1) is 12.9. The highest BCUT2D eigenvalue weighted by atomic mass is 15.2. The number of anilines is 3. The maximum atomic E-state index is 4.66. The van der Waals surface area contributed by atoms with Gasteiger partial charge in [-0.2, -0.15) is 4.98 Å². The first-order chi connectivity index (χ1) is 9.72. The fourth-order valence-electron chi connectivity index (χ4n) is 2.55. The summed E-state index contributed by atoms with van der Waals surface area (Å²) >= 11 is 0. The lowest BCUT2D eigenvalue weighted by molar-refractivity contribution is 0.923. The predicted molar refractivity (Wildman–Crippen MR) is 82.7 cm³/mol. The van der Waals surface area contributed by atoms with Gasteiger partial charge in [-0.3, -0.25) is 0 Å². The maximum Gasteiger partial charge on any atom is 0.229 e. The quantitative estimate of drug-likeness (QED) is 0.926. The zero-order valence-corrected chi connectivity index (χ0v) is 12.1. The molecule has 2 aromatic rings. The van der Waals surface area contributed by atoms with Gasteiger partial charge in [0.2, 0.25) is 5.95 Å². The summed E-state index contributed by atoms with van der Waals surface area (Å²) in [6.45, 7) is 6.30. The Morgan fingerprint density at radius 2 is 1.80 bits per heavy atom. The summed E-state index contributed by atoms with van der Waals surface area (Å²) in [6, 6.07) is 10.3. The van der Waals surface area contributed by atoms with Gasteiger partial charge in [-0.15, -0.1) is 0 Å². The van der Waals surface area contributed by atoms with Crippen LogP contribution in [0, 0.1) is 13.8 Å². The molecule has 3 rings (SSSR count). The molecule has 0 aliphatic carbocycles. The van der Waals surface area contributed by atoms with Crippen LogP contribution in [0.5, 0.6) is 0 Å². The molecule has 4 nitrogen and oxygen atoms in total. The highest BCUT2D eigenvalue weighted by Crippen LogP contribution is 2.22. The van der Waals surface area contributed by atoms with Gasteiger partial charge in [-0.1, -0.05) is 18.2 Å². The van der Waals surface area contributed by atoms with E-state index in [0.29, 0.717) is 5.95 Å². The second-order valence-electron chi connectivity index (χ2n) is 5.33. The van der Waals surface area contributed by atoms with Crippen LogP contribution >= 0.6 is 0 Å². The Labute approximate surface area is 119 Å². The van der Waals surface area contributed by atoms with Crippen molar-refractivity contribution in [3.05, 3.63) is 41.6 Å². The van der Waals surface area contributed by atoms with Gasteiger partial charge in [0.15, 0.2) is 0 Å². The number of para-hydroxylation sites is 1. The third kappa shape index (κ3) is 2.74. The number of hydrogen-bond acceptors (Lipinski definition) is 4.